The number of nitrogens with zero attached hydrogens (tertiary/aromatic N) is 4. The summed E-state index contributed by atoms with van der Waals surface area (Å²) in [5.74, 6) is 1.24. The number of methoxy groups -OCH3 is 1. The maximum atomic E-state index is 12.8. The van der Waals surface area contributed by atoms with Gasteiger partial charge in [0.25, 0.3) is 0 Å². The monoisotopic (exact) mass is 476 g/mol. The van der Waals surface area contributed by atoms with Gasteiger partial charge in [0.2, 0.25) is 0 Å². The molecule has 2 aromatic heterocycles. The molecule has 3 heterocycles. The number of alkyl halides is 3. The lowest BCUT2D eigenvalue weighted by atomic mass is 10.1. The van der Waals surface area contributed by atoms with Gasteiger partial charge < -0.3 is 4.74 Å². The van der Waals surface area contributed by atoms with Crippen LogP contribution in [0.15, 0.2) is 73.1 Å². The summed E-state index contributed by atoms with van der Waals surface area (Å²) in [6, 6.07) is 16.9. The molecule has 1 aliphatic heterocycles. The van der Waals surface area contributed by atoms with E-state index in [9.17, 15) is 13.2 Å². The fraction of sp³-hybridized carbons (Fsp3) is 0.222. The SMILES string of the molecule is COc1cccc(-c2ccc(CN3CCc4nc(-c5ccc(C(F)(F)F)cc5)ncc4C3)cn2)c1. The van der Waals surface area contributed by atoms with Gasteiger partial charge in [-0.25, -0.2) is 9.97 Å². The molecular formula is C27H23F3N4O. The predicted octanol–water partition coefficient (Wildman–Crippen LogP) is 5.79. The molecule has 0 radical (unpaired) electrons. The molecule has 0 unspecified atom stereocenters. The zero-order valence-electron chi connectivity index (χ0n) is 19.1. The Morgan fingerprint density at radius 3 is 2.49 bits per heavy atom. The molecule has 2 aromatic carbocycles. The second-order valence-electron chi connectivity index (χ2n) is 8.48. The molecule has 0 N–H and O–H groups in total. The first-order valence-electron chi connectivity index (χ1n) is 11.2. The molecule has 5 rings (SSSR count). The average molecular weight is 477 g/mol. The number of pyridine rings is 1. The Morgan fingerprint density at radius 1 is 0.943 bits per heavy atom. The highest BCUT2D eigenvalue weighted by atomic mass is 19.4. The average Bonchev–Trinajstić information content (AvgIpc) is 2.88. The summed E-state index contributed by atoms with van der Waals surface area (Å²) in [6.45, 7) is 2.29. The lowest BCUT2D eigenvalue weighted by Gasteiger charge is -2.28. The highest BCUT2D eigenvalue weighted by Crippen LogP contribution is 2.31. The van der Waals surface area contributed by atoms with Gasteiger partial charge in [0.05, 0.1) is 24.1 Å². The number of hydrogen-bond donors (Lipinski definition) is 0. The molecule has 178 valence electrons. The van der Waals surface area contributed by atoms with Crippen LogP contribution >= 0.6 is 0 Å². The number of ether oxygens (including phenoxy) is 1. The molecule has 0 aliphatic carbocycles. The minimum Gasteiger partial charge on any atom is -0.497 e. The van der Waals surface area contributed by atoms with E-state index in [-0.39, 0.29) is 0 Å². The van der Waals surface area contributed by atoms with Gasteiger partial charge in [-0.05, 0) is 35.9 Å². The summed E-state index contributed by atoms with van der Waals surface area (Å²) in [4.78, 5) is 16.0. The van der Waals surface area contributed by atoms with Crippen LogP contribution in [0, 0.1) is 0 Å². The number of benzene rings is 2. The van der Waals surface area contributed by atoms with Crippen LogP contribution in [0.3, 0.4) is 0 Å². The fourth-order valence-corrected chi connectivity index (χ4v) is 4.19. The van der Waals surface area contributed by atoms with Crippen LogP contribution in [0.4, 0.5) is 13.2 Å². The summed E-state index contributed by atoms with van der Waals surface area (Å²) in [5.41, 5.74) is 4.88. The Labute approximate surface area is 201 Å². The van der Waals surface area contributed by atoms with Crippen LogP contribution in [0.5, 0.6) is 5.75 Å². The molecule has 0 saturated heterocycles. The zero-order valence-corrected chi connectivity index (χ0v) is 19.1. The van der Waals surface area contributed by atoms with Gasteiger partial charge >= 0.3 is 6.18 Å². The standard InChI is InChI=1S/C27H23F3N4O/c1-35-23-4-2-3-20(13-23)24-10-5-18(14-31-24)16-34-12-11-25-21(17-34)15-32-26(33-25)19-6-8-22(9-7-19)27(28,29)30/h2-10,13-15H,11-12,16-17H2,1H3. The summed E-state index contributed by atoms with van der Waals surface area (Å²) in [6.07, 6.45) is 0.0740. The van der Waals surface area contributed by atoms with Crippen molar-refractivity contribution >= 4 is 0 Å². The zero-order chi connectivity index (χ0) is 24.4. The maximum Gasteiger partial charge on any atom is 0.416 e. The molecule has 0 amide bonds. The molecule has 0 spiro atoms. The molecule has 4 aromatic rings. The smallest absolute Gasteiger partial charge is 0.416 e. The highest BCUT2D eigenvalue weighted by molar-refractivity contribution is 5.61. The van der Waals surface area contributed by atoms with Crippen molar-refractivity contribution in [1.82, 2.24) is 19.9 Å². The van der Waals surface area contributed by atoms with Crippen molar-refractivity contribution in [2.24, 2.45) is 0 Å². The Hall–Kier alpha value is -3.78. The molecular weight excluding hydrogens is 453 g/mol. The summed E-state index contributed by atoms with van der Waals surface area (Å²) < 4.78 is 43.8. The quantitative estimate of drug-likeness (QED) is 0.365. The number of rotatable bonds is 5. The van der Waals surface area contributed by atoms with Gasteiger partial charge in [-0.1, -0.05) is 30.3 Å². The maximum absolute atomic E-state index is 12.8. The van der Waals surface area contributed by atoms with Crippen LogP contribution in [0.25, 0.3) is 22.6 Å². The normalized spacial score (nSPS) is 13.9. The van der Waals surface area contributed by atoms with Crippen molar-refractivity contribution in [2.45, 2.75) is 25.7 Å². The van der Waals surface area contributed by atoms with Crippen molar-refractivity contribution in [1.29, 1.82) is 0 Å². The van der Waals surface area contributed by atoms with E-state index >= 15 is 0 Å². The topological polar surface area (TPSA) is 51.1 Å². The van der Waals surface area contributed by atoms with Crippen molar-refractivity contribution in [3.8, 4) is 28.4 Å². The van der Waals surface area contributed by atoms with E-state index in [1.165, 1.54) is 12.1 Å². The van der Waals surface area contributed by atoms with Crippen LogP contribution in [-0.4, -0.2) is 33.5 Å². The third-order valence-electron chi connectivity index (χ3n) is 6.08. The highest BCUT2D eigenvalue weighted by Gasteiger charge is 2.30. The van der Waals surface area contributed by atoms with Crippen molar-refractivity contribution in [3.05, 3.63) is 95.4 Å². The fourth-order valence-electron chi connectivity index (χ4n) is 4.19. The minimum atomic E-state index is -4.36. The molecule has 5 nitrogen and oxygen atoms in total. The van der Waals surface area contributed by atoms with Gasteiger partial charge in [0, 0.05) is 55.1 Å². The molecule has 0 saturated carbocycles. The van der Waals surface area contributed by atoms with Crippen LogP contribution in [-0.2, 0) is 25.7 Å². The lowest BCUT2D eigenvalue weighted by Crippen LogP contribution is -2.31. The Bertz CT molecular complexity index is 1320. The van der Waals surface area contributed by atoms with E-state index in [2.05, 4.69) is 25.9 Å². The van der Waals surface area contributed by atoms with Gasteiger partial charge in [-0.3, -0.25) is 9.88 Å². The molecule has 35 heavy (non-hydrogen) atoms. The summed E-state index contributed by atoms with van der Waals surface area (Å²) >= 11 is 0. The largest absolute Gasteiger partial charge is 0.497 e. The van der Waals surface area contributed by atoms with Crippen LogP contribution in [0.2, 0.25) is 0 Å². The van der Waals surface area contributed by atoms with E-state index in [0.29, 0.717) is 17.9 Å². The predicted molar refractivity (Wildman–Crippen MR) is 127 cm³/mol. The van der Waals surface area contributed by atoms with Gasteiger partial charge in [-0.2, -0.15) is 13.2 Å². The number of aromatic nitrogens is 3. The summed E-state index contributed by atoms with van der Waals surface area (Å²) in [7, 11) is 1.65. The van der Waals surface area contributed by atoms with Crippen molar-refractivity contribution in [2.75, 3.05) is 13.7 Å². The summed E-state index contributed by atoms with van der Waals surface area (Å²) in [5, 5.41) is 0. The van der Waals surface area contributed by atoms with Gasteiger partial charge in [0.15, 0.2) is 5.82 Å². The third kappa shape index (κ3) is 5.17. The van der Waals surface area contributed by atoms with Crippen molar-refractivity contribution < 1.29 is 17.9 Å². The first-order chi connectivity index (χ1) is 16.9. The Balaban J connectivity index is 1.25. The lowest BCUT2D eigenvalue weighted by molar-refractivity contribution is -0.137. The number of fused-ring (bicyclic) bond motifs is 1. The van der Waals surface area contributed by atoms with E-state index in [0.717, 1.165) is 65.5 Å². The van der Waals surface area contributed by atoms with Crippen molar-refractivity contribution in [3.63, 3.8) is 0 Å². The van der Waals surface area contributed by atoms with E-state index in [1.54, 1.807) is 13.3 Å². The Kier molecular flexibility index (Phi) is 6.21. The molecule has 1 aliphatic rings. The van der Waals surface area contributed by atoms with Crippen LogP contribution in [0.1, 0.15) is 22.4 Å². The third-order valence-corrected chi connectivity index (χ3v) is 6.08. The number of hydrogen-bond acceptors (Lipinski definition) is 5. The Morgan fingerprint density at radius 2 is 1.77 bits per heavy atom. The van der Waals surface area contributed by atoms with E-state index in [1.807, 2.05) is 36.5 Å². The molecule has 8 heteroatoms. The molecule has 0 bridgehead atoms. The second-order valence-corrected chi connectivity index (χ2v) is 8.48. The molecule has 0 atom stereocenters. The van der Waals surface area contributed by atoms with E-state index in [4.69, 9.17) is 4.74 Å². The minimum absolute atomic E-state index is 0.447. The molecule has 0 fully saturated rings. The van der Waals surface area contributed by atoms with E-state index < -0.39 is 11.7 Å². The van der Waals surface area contributed by atoms with Gasteiger partial charge in [-0.15, -0.1) is 0 Å². The second kappa shape index (κ2) is 9.46. The first kappa shape index (κ1) is 23.0. The van der Waals surface area contributed by atoms with Gasteiger partial charge in [0.1, 0.15) is 5.75 Å². The first-order valence-corrected chi connectivity index (χ1v) is 11.2. The van der Waals surface area contributed by atoms with Crippen LogP contribution < -0.4 is 4.74 Å². The number of halogens is 3.